The second-order valence-corrected chi connectivity index (χ2v) is 6.71. The summed E-state index contributed by atoms with van der Waals surface area (Å²) in [4.78, 5) is 41.5. The zero-order valence-electron chi connectivity index (χ0n) is 16.6. The number of rotatable bonds is 7. The molecule has 150 valence electrons. The fourth-order valence-electron chi connectivity index (χ4n) is 3.09. The van der Waals surface area contributed by atoms with Gasteiger partial charge < -0.3 is 10.6 Å². The number of anilines is 1. The maximum absolute atomic E-state index is 12.9. The molecule has 3 rings (SSSR count). The molecule has 29 heavy (non-hydrogen) atoms. The Morgan fingerprint density at radius 2 is 1.76 bits per heavy atom. The van der Waals surface area contributed by atoms with Crippen molar-refractivity contribution in [1.82, 2.24) is 14.9 Å². The lowest BCUT2D eigenvalue weighted by Crippen LogP contribution is -2.31. The van der Waals surface area contributed by atoms with Gasteiger partial charge in [0.2, 0.25) is 11.8 Å². The molecular formula is C22H24N4O3. The van der Waals surface area contributed by atoms with Crippen molar-refractivity contribution in [1.29, 1.82) is 0 Å². The monoisotopic (exact) mass is 392 g/mol. The highest BCUT2D eigenvalue weighted by molar-refractivity contribution is 5.91. The largest absolute Gasteiger partial charge is 0.359 e. The summed E-state index contributed by atoms with van der Waals surface area (Å²) in [5, 5.41) is 5.36. The lowest BCUT2D eigenvalue weighted by molar-refractivity contribution is -0.120. The number of hydrogen-bond acceptors (Lipinski definition) is 4. The summed E-state index contributed by atoms with van der Waals surface area (Å²) in [6.07, 6.45) is 1.29. The number of fused-ring (bicyclic) bond motifs is 1. The van der Waals surface area contributed by atoms with E-state index in [9.17, 15) is 14.4 Å². The van der Waals surface area contributed by atoms with Crippen LogP contribution < -0.4 is 16.2 Å². The molecule has 0 aliphatic rings. The third kappa shape index (κ3) is 4.87. The second-order valence-electron chi connectivity index (χ2n) is 6.71. The summed E-state index contributed by atoms with van der Waals surface area (Å²) in [5.41, 5.74) is 2.96. The third-order valence-corrected chi connectivity index (χ3v) is 4.74. The summed E-state index contributed by atoms with van der Waals surface area (Å²) >= 11 is 0. The predicted molar refractivity (Wildman–Crippen MR) is 113 cm³/mol. The van der Waals surface area contributed by atoms with E-state index in [1.165, 1.54) is 10.1 Å². The minimum absolute atomic E-state index is 0.135. The van der Waals surface area contributed by atoms with Crippen LogP contribution in [0.4, 0.5) is 5.69 Å². The van der Waals surface area contributed by atoms with Crippen LogP contribution in [0.5, 0.6) is 0 Å². The van der Waals surface area contributed by atoms with Gasteiger partial charge >= 0.3 is 0 Å². The SMILES string of the molecule is CCc1ccc(NC(=O)Cn2c(=O)c(CCC(=O)NC)nc3ccccc32)cc1. The Bertz CT molecular complexity index is 1090. The molecule has 7 nitrogen and oxygen atoms in total. The molecule has 2 N–H and O–H groups in total. The van der Waals surface area contributed by atoms with E-state index in [1.54, 1.807) is 25.2 Å². The zero-order chi connectivity index (χ0) is 20.8. The summed E-state index contributed by atoms with van der Waals surface area (Å²) in [6.45, 7) is 1.93. The average molecular weight is 392 g/mol. The van der Waals surface area contributed by atoms with E-state index in [0.717, 1.165) is 6.42 Å². The van der Waals surface area contributed by atoms with Crippen LogP contribution in [0, 0.1) is 0 Å². The maximum Gasteiger partial charge on any atom is 0.273 e. The van der Waals surface area contributed by atoms with Gasteiger partial charge in [-0.2, -0.15) is 0 Å². The number of carbonyl (C=O) groups excluding carboxylic acids is 2. The van der Waals surface area contributed by atoms with Crippen LogP contribution in [-0.2, 0) is 29.0 Å². The molecule has 3 aromatic rings. The van der Waals surface area contributed by atoms with E-state index in [0.29, 0.717) is 16.7 Å². The molecule has 0 saturated heterocycles. The molecule has 1 heterocycles. The summed E-state index contributed by atoms with van der Waals surface area (Å²) < 4.78 is 1.41. The van der Waals surface area contributed by atoms with E-state index in [1.807, 2.05) is 30.3 Å². The molecular weight excluding hydrogens is 368 g/mol. The van der Waals surface area contributed by atoms with Gasteiger partial charge in [-0.15, -0.1) is 0 Å². The number of hydrogen-bond donors (Lipinski definition) is 2. The molecule has 0 aliphatic heterocycles. The van der Waals surface area contributed by atoms with Gasteiger partial charge in [-0.3, -0.25) is 19.0 Å². The molecule has 1 aromatic heterocycles. The highest BCUT2D eigenvalue weighted by Gasteiger charge is 2.14. The standard InChI is InChI=1S/C22H24N4O3/c1-3-15-8-10-16(11-9-15)24-21(28)14-26-19-7-5-4-6-17(19)25-18(22(26)29)12-13-20(27)23-2/h4-11H,3,12-14H2,1-2H3,(H,23,27)(H,24,28). The van der Waals surface area contributed by atoms with Gasteiger partial charge in [-0.05, 0) is 36.2 Å². The van der Waals surface area contributed by atoms with Gasteiger partial charge in [-0.1, -0.05) is 31.2 Å². The van der Waals surface area contributed by atoms with Crippen LogP contribution >= 0.6 is 0 Å². The molecule has 0 saturated carbocycles. The molecule has 0 spiro atoms. The van der Waals surface area contributed by atoms with Crippen LogP contribution in [-0.4, -0.2) is 28.4 Å². The third-order valence-electron chi connectivity index (χ3n) is 4.74. The molecule has 2 amide bonds. The summed E-state index contributed by atoms with van der Waals surface area (Å²) in [6, 6.07) is 14.8. The lowest BCUT2D eigenvalue weighted by Gasteiger charge is -2.13. The van der Waals surface area contributed by atoms with Crippen LogP contribution in [0.3, 0.4) is 0 Å². The van der Waals surface area contributed by atoms with E-state index >= 15 is 0 Å². The van der Waals surface area contributed by atoms with Crippen LogP contribution in [0.2, 0.25) is 0 Å². The van der Waals surface area contributed by atoms with Gasteiger partial charge in [-0.25, -0.2) is 4.98 Å². The minimum atomic E-state index is -0.357. The Hall–Kier alpha value is -3.48. The average Bonchev–Trinajstić information content (AvgIpc) is 2.74. The topological polar surface area (TPSA) is 93.1 Å². The quantitative estimate of drug-likeness (QED) is 0.645. The zero-order valence-corrected chi connectivity index (χ0v) is 16.6. The normalized spacial score (nSPS) is 10.7. The van der Waals surface area contributed by atoms with Gasteiger partial charge in [0.15, 0.2) is 0 Å². The molecule has 0 atom stereocenters. The van der Waals surface area contributed by atoms with Gasteiger partial charge in [0.05, 0.1) is 11.0 Å². The van der Waals surface area contributed by atoms with E-state index in [4.69, 9.17) is 0 Å². The number of carbonyl (C=O) groups is 2. The van der Waals surface area contributed by atoms with E-state index < -0.39 is 0 Å². The molecule has 0 radical (unpaired) electrons. The first-order valence-electron chi connectivity index (χ1n) is 9.59. The summed E-state index contributed by atoms with van der Waals surface area (Å²) in [5.74, 6) is -0.468. The Labute approximate surface area is 168 Å². The van der Waals surface area contributed by atoms with Crippen molar-refractivity contribution < 1.29 is 9.59 Å². The smallest absolute Gasteiger partial charge is 0.273 e. The van der Waals surface area contributed by atoms with Crippen molar-refractivity contribution in [2.24, 2.45) is 0 Å². The van der Waals surface area contributed by atoms with E-state index in [2.05, 4.69) is 22.5 Å². The Morgan fingerprint density at radius 3 is 2.45 bits per heavy atom. The van der Waals surface area contributed by atoms with Crippen molar-refractivity contribution in [3.63, 3.8) is 0 Å². The first-order chi connectivity index (χ1) is 14.0. The van der Waals surface area contributed by atoms with Crippen molar-refractivity contribution in [3.05, 3.63) is 70.1 Å². The Balaban J connectivity index is 1.88. The number of benzene rings is 2. The second kappa shape index (κ2) is 9.14. The number of nitrogens with one attached hydrogen (secondary N) is 2. The van der Waals surface area contributed by atoms with E-state index in [-0.39, 0.29) is 42.5 Å². The molecule has 2 aromatic carbocycles. The van der Waals surface area contributed by atoms with Crippen LogP contribution in [0.15, 0.2) is 53.3 Å². The Morgan fingerprint density at radius 1 is 1.03 bits per heavy atom. The number of amides is 2. The molecule has 0 aliphatic carbocycles. The number of nitrogens with zero attached hydrogens (tertiary/aromatic N) is 2. The van der Waals surface area contributed by atoms with Gasteiger partial charge in [0.25, 0.3) is 5.56 Å². The van der Waals surface area contributed by atoms with Crippen molar-refractivity contribution in [3.8, 4) is 0 Å². The van der Waals surface area contributed by atoms with Gasteiger partial charge in [0, 0.05) is 25.6 Å². The minimum Gasteiger partial charge on any atom is -0.359 e. The lowest BCUT2D eigenvalue weighted by atomic mass is 10.1. The van der Waals surface area contributed by atoms with Crippen molar-refractivity contribution in [2.75, 3.05) is 12.4 Å². The number of para-hydroxylation sites is 2. The van der Waals surface area contributed by atoms with Crippen LogP contribution in [0.25, 0.3) is 11.0 Å². The summed E-state index contributed by atoms with van der Waals surface area (Å²) in [7, 11) is 1.55. The fraction of sp³-hybridized carbons (Fsp3) is 0.273. The predicted octanol–water partition coefficient (Wildman–Crippen LogP) is 2.28. The first kappa shape index (κ1) is 20.3. The van der Waals surface area contributed by atoms with Crippen LogP contribution in [0.1, 0.15) is 24.6 Å². The fourth-order valence-corrected chi connectivity index (χ4v) is 3.09. The first-order valence-corrected chi connectivity index (χ1v) is 9.59. The Kier molecular flexibility index (Phi) is 6.39. The molecule has 7 heteroatoms. The van der Waals surface area contributed by atoms with Gasteiger partial charge in [0.1, 0.15) is 12.2 Å². The number of aryl methyl sites for hydroxylation is 2. The van der Waals surface area contributed by atoms with Crippen molar-refractivity contribution >= 4 is 28.5 Å². The number of aromatic nitrogens is 2. The highest BCUT2D eigenvalue weighted by atomic mass is 16.2. The maximum atomic E-state index is 12.9. The molecule has 0 bridgehead atoms. The van der Waals surface area contributed by atoms with Crippen molar-refractivity contribution in [2.45, 2.75) is 32.7 Å². The highest BCUT2D eigenvalue weighted by Crippen LogP contribution is 2.13. The molecule has 0 unspecified atom stereocenters. The molecule has 0 fully saturated rings.